The number of rotatable bonds is 4. The first-order chi connectivity index (χ1) is 16.7. The summed E-state index contributed by atoms with van der Waals surface area (Å²) < 4.78 is 8.34. The number of benzene rings is 3. The van der Waals surface area contributed by atoms with Gasteiger partial charge in [0, 0.05) is 25.0 Å². The van der Waals surface area contributed by atoms with E-state index in [9.17, 15) is 5.26 Å². The summed E-state index contributed by atoms with van der Waals surface area (Å²) in [5.41, 5.74) is 3.46. The maximum Gasteiger partial charge on any atom is 0.308 e. The van der Waals surface area contributed by atoms with E-state index in [1.807, 2.05) is 42.6 Å². The van der Waals surface area contributed by atoms with Crippen molar-refractivity contribution in [2.45, 2.75) is 31.7 Å². The lowest BCUT2D eigenvalue weighted by molar-refractivity contribution is 0.186. The predicted octanol–water partition coefficient (Wildman–Crippen LogP) is 5.29. The third-order valence-electron chi connectivity index (χ3n) is 6.78. The summed E-state index contributed by atoms with van der Waals surface area (Å²) >= 11 is 0. The third kappa shape index (κ3) is 4.25. The Balaban J connectivity index is 1.44. The van der Waals surface area contributed by atoms with Gasteiger partial charge in [-0.3, -0.25) is 0 Å². The summed E-state index contributed by atoms with van der Waals surface area (Å²) in [4.78, 5) is 10.9. The van der Waals surface area contributed by atoms with Crippen LogP contribution in [0.5, 0.6) is 5.75 Å². The topological polar surface area (TPSA) is 66.4 Å². The average molecular weight is 450 g/mol. The summed E-state index contributed by atoms with van der Waals surface area (Å²) in [6.07, 6.45) is 3.73. The summed E-state index contributed by atoms with van der Waals surface area (Å²) in [5.74, 6) is 1.70. The van der Waals surface area contributed by atoms with Gasteiger partial charge in [0.15, 0.2) is 0 Å². The zero-order valence-corrected chi connectivity index (χ0v) is 19.3. The Hall–Kier alpha value is -4.11. The van der Waals surface area contributed by atoms with Crippen LogP contribution in [0, 0.1) is 18.4 Å². The van der Waals surface area contributed by atoms with Crippen LogP contribution >= 0.6 is 0 Å². The highest BCUT2D eigenvalue weighted by atomic mass is 16.5. The highest BCUT2D eigenvalue weighted by Crippen LogP contribution is 2.38. The van der Waals surface area contributed by atoms with E-state index in [4.69, 9.17) is 9.72 Å². The molecule has 1 aliphatic rings. The number of piperidine rings is 1. The van der Waals surface area contributed by atoms with Crippen molar-refractivity contribution in [3.63, 3.8) is 0 Å². The standard InChI is InChI=1S/C28H27N5O/c1-22-31-25-14-8-9-15-26(25)33(22)20-28(23-10-4-2-5-11-23)16-18-32(19-17-28)27(30-21-29)34-24-12-6-3-7-13-24/h2-15H,16-20H2,1H3/b30-27-. The highest BCUT2D eigenvalue weighted by Gasteiger charge is 2.38. The Morgan fingerprint density at radius 1 is 0.971 bits per heavy atom. The molecule has 34 heavy (non-hydrogen) atoms. The van der Waals surface area contributed by atoms with Crippen molar-refractivity contribution >= 4 is 17.1 Å². The maximum absolute atomic E-state index is 9.27. The molecule has 0 radical (unpaired) electrons. The first-order valence-corrected chi connectivity index (χ1v) is 11.6. The van der Waals surface area contributed by atoms with Crippen LogP contribution in [0.4, 0.5) is 0 Å². The number of likely N-dealkylation sites (tertiary alicyclic amines) is 1. The number of amidine groups is 1. The van der Waals surface area contributed by atoms with Gasteiger partial charge in [0.25, 0.3) is 0 Å². The molecule has 6 heteroatoms. The zero-order chi connectivity index (χ0) is 23.4. The Kier molecular flexibility index (Phi) is 6.01. The highest BCUT2D eigenvalue weighted by molar-refractivity contribution is 5.78. The summed E-state index contributed by atoms with van der Waals surface area (Å²) in [6, 6.07) is 28.9. The Labute approximate surface area is 199 Å². The van der Waals surface area contributed by atoms with Crippen LogP contribution in [-0.4, -0.2) is 33.6 Å². The fraction of sp³-hybridized carbons (Fsp3) is 0.250. The number of aryl methyl sites for hydroxylation is 1. The van der Waals surface area contributed by atoms with E-state index < -0.39 is 0 Å². The number of hydrogen-bond donors (Lipinski definition) is 0. The van der Waals surface area contributed by atoms with E-state index in [2.05, 4.69) is 69.9 Å². The monoisotopic (exact) mass is 449 g/mol. The lowest BCUT2D eigenvalue weighted by Gasteiger charge is -2.43. The molecule has 0 N–H and O–H groups in total. The molecule has 4 aromatic rings. The number of aliphatic imine (C=N–C) groups is 1. The van der Waals surface area contributed by atoms with Crippen LogP contribution in [-0.2, 0) is 12.0 Å². The number of hydrogen-bond acceptors (Lipinski definition) is 4. The minimum absolute atomic E-state index is 0.0590. The van der Waals surface area contributed by atoms with Gasteiger partial charge in [-0.25, -0.2) is 4.98 Å². The molecular formula is C28H27N5O. The van der Waals surface area contributed by atoms with Gasteiger partial charge in [-0.2, -0.15) is 5.26 Å². The Morgan fingerprint density at radius 3 is 2.32 bits per heavy atom. The molecule has 170 valence electrons. The molecule has 3 aromatic carbocycles. The second-order valence-electron chi connectivity index (χ2n) is 8.78. The number of nitrogens with zero attached hydrogens (tertiary/aromatic N) is 5. The molecule has 0 saturated carbocycles. The maximum atomic E-state index is 9.27. The molecule has 0 spiro atoms. The molecule has 0 amide bonds. The van der Waals surface area contributed by atoms with Gasteiger partial charge in [0.05, 0.1) is 11.0 Å². The molecule has 0 aliphatic carbocycles. The molecule has 0 bridgehead atoms. The largest absolute Gasteiger partial charge is 0.425 e. The lowest BCUT2D eigenvalue weighted by atomic mass is 9.72. The molecule has 0 unspecified atom stereocenters. The van der Waals surface area contributed by atoms with Crippen LogP contribution in [0.15, 0.2) is 89.9 Å². The fourth-order valence-corrected chi connectivity index (χ4v) is 4.95. The van der Waals surface area contributed by atoms with Crippen molar-refractivity contribution in [3.8, 4) is 11.9 Å². The minimum Gasteiger partial charge on any atom is -0.425 e. The number of ether oxygens (including phenoxy) is 1. The van der Waals surface area contributed by atoms with Crippen molar-refractivity contribution in [1.29, 1.82) is 5.26 Å². The molecule has 1 fully saturated rings. The predicted molar refractivity (Wildman–Crippen MR) is 134 cm³/mol. The lowest BCUT2D eigenvalue weighted by Crippen LogP contribution is -2.48. The van der Waals surface area contributed by atoms with Crippen LogP contribution in [0.25, 0.3) is 11.0 Å². The average Bonchev–Trinajstić information content (AvgIpc) is 3.20. The molecule has 0 atom stereocenters. The van der Waals surface area contributed by atoms with E-state index in [-0.39, 0.29) is 5.41 Å². The van der Waals surface area contributed by atoms with Gasteiger partial charge in [-0.1, -0.05) is 60.7 Å². The van der Waals surface area contributed by atoms with Crippen LogP contribution in [0.2, 0.25) is 0 Å². The second-order valence-corrected chi connectivity index (χ2v) is 8.78. The smallest absolute Gasteiger partial charge is 0.308 e. The SMILES string of the molecule is Cc1nc2ccccc2n1CC1(c2ccccc2)CCN(/C(=N/C#N)Oc2ccccc2)CC1. The van der Waals surface area contributed by atoms with E-state index in [0.29, 0.717) is 11.8 Å². The second kappa shape index (κ2) is 9.40. The molecule has 1 aromatic heterocycles. The van der Waals surface area contributed by atoms with Crippen LogP contribution in [0.3, 0.4) is 0 Å². The molecule has 1 saturated heterocycles. The molecule has 2 heterocycles. The van der Waals surface area contributed by atoms with Crippen LogP contribution < -0.4 is 4.74 Å². The van der Waals surface area contributed by atoms with Gasteiger partial charge in [-0.15, -0.1) is 4.99 Å². The summed E-state index contributed by atoms with van der Waals surface area (Å²) in [6.45, 7) is 4.42. The third-order valence-corrected chi connectivity index (χ3v) is 6.78. The first-order valence-electron chi connectivity index (χ1n) is 11.6. The Morgan fingerprint density at radius 2 is 1.62 bits per heavy atom. The van der Waals surface area contributed by atoms with Gasteiger partial charge >= 0.3 is 6.02 Å². The van der Waals surface area contributed by atoms with Gasteiger partial charge < -0.3 is 14.2 Å². The van der Waals surface area contributed by atoms with E-state index in [1.165, 1.54) is 5.56 Å². The molecule has 6 nitrogen and oxygen atoms in total. The normalized spacial score (nSPS) is 15.8. The first kappa shape index (κ1) is 21.7. The van der Waals surface area contributed by atoms with Gasteiger partial charge in [-0.05, 0) is 49.6 Å². The van der Waals surface area contributed by atoms with Crippen LogP contribution in [0.1, 0.15) is 24.2 Å². The molecule has 5 rings (SSSR count). The van der Waals surface area contributed by atoms with Crippen molar-refractivity contribution in [3.05, 3.63) is 96.3 Å². The van der Waals surface area contributed by atoms with Gasteiger partial charge in [0.1, 0.15) is 11.6 Å². The number of fused-ring (bicyclic) bond motifs is 1. The van der Waals surface area contributed by atoms with Crippen molar-refractivity contribution in [1.82, 2.24) is 14.5 Å². The molecular weight excluding hydrogens is 422 g/mol. The summed E-state index contributed by atoms with van der Waals surface area (Å²) in [7, 11) is 0. The van der Waals surface area contributed by atoms with Crippen molar-refractivity contribution in [2.24, 2.45) is 4.99 Å². The number of para-hydroxylation sites is 3. The fourth-order valence-electron chi connectivity index (χ4n) is 4.95. The van der Waals surface area contributed by atoms with Gasteiger partial charge in [0.2, 0.25) is 6.19 Å². The minimum atomic E-state index is -0.0590. The van der Waals surface area contributed by atoms with Crippen molar-refractivity contribution < 1.29 is 4.74 Å². The quantitative estimate of drug-likeness (QED) is 0.241. The number of imidazole rings is 1. The number of nitriles is 1. The van der Waals surface area contributed by atoms with E-state index in [1.54, 1.807) is 0 Å². The Bertz CT molecular complexity index is 1330. The van der Waals surface area contributed by atoms with E-state index >= 15 is 0 Å². The zero-order valence-electron chi connectivity index (χ0n) is 19.3. The summed E-state index contributed by atoms with van der Waals surface area (Å²) in [5, 5.41) is 9.27. The number of aromatic nitrogens is 2. The van der Waals surface area contributed by atoms with Crippen molar-refractivity contribution in [2.75, 3.05) is 13.1 Å². The van der Waals surface area contributed by atoms with E-state index in [0.717, 1.165) is 49.3 Å². The molecule has 1 aliphatic heterocycles.